The second kappa shape index (κ2) is 6.13. The number of carbonyl (C=O) groups is 1. The van der Waals surface area contributed by atoms with Crippen LogP contribution < -0.4 is 4.74 Å². The third-order valence-corrected chi connectivity index (χ3v) is 3.17. The molecule has 2 aromatic carbocycles. The van der Waals surface area contributed by atoms with Gasteiger partial charge in [-0.25, -0.2) is 9.78 Å². The number of aromatic amines is 1. The zero-order chi connectivity index (χ0) is 15.4. The van der Waals surface area contributed by atoms with Gasteiger partial charge in [0.25, 0.3) is 0 Å². The molecule has 0 fully saturated rings. The molecule has 0 amide bonds. The molecular formula is C17H14N2O3. The maximum Gasteiger partial charge on any atom is 0.356 e. The summed E-state index contributed by atoms with van der Waals surface area (Å²) in [4.78, 5) is 17.7. The lowest BCUT2D eigenvalue weighted by molar-refractivity contribution is 0.0691. The molecule has 0 aliphatic rings. The van der Waals surface area contributed by atoms with E-state index >= 15 is 0 Å². The predicted octanol–water partition coefficient (Wildman–Crippen LogP) is 3.35. The Bertz CT molecular complexity index is 764. The summed E-state index contributed by atoms with van der Waals surface area (Å²) in [6.45, 7) is 0.504. The van der Waals surface area contributed by atoms with Crippen molar-refractivity contribution in [1.29, 1.82) is 0 Å². The summed E-state index contributed by atoms with van der Waals surface area (Å²) in [5.74, 6) is 0.218. The number of H-pyrrole nitrogens is 1. The van der Waals surface area contributed by atoms with Gasteiger partial charge in [-0.3, -0.25) is 0 Å². The molecule has 0 saturated carbocycles. The van der Waals surface area contributed by atoms with Crippen molar-refractivity contribution in [2.24, 2.45) is 0 Å². The molecule has 0 saturated heterocycles. The Balaban J connectivity index is 1.68. The Morgan fingerprint density at radius 3 is 2.45 bits per heavy atom. The van der Waals surface area contributed by atoms with Crippen LogP contribution >= 0.6 is 0 Å². The van der Waals surface area contributed by atoms with Crippen molar-refractivity contribution >= 4 is 5.97 Å². The number of nitrogens with zero attached hydrogens (tertiary/aromatic N) is 1. The number of aromatic nitrogens is 2. The van der Waals surface area contributed by atoms with Gasteiger partial charge in [-0.2, -0.15) is 0 Å². The Labute approximate surface area is 127 Å². The molecule has 1 aromatic heterocycles. The molecule has 2 N–H and O–H groups in total. The molecule has 110 valence electrons. The fourth-order valence-corrected chi connectivity index (χ4v) is 2.03. The zero-order valence-corrected chi connectivity index (χ0v) is 11.7. The van der Waals surface area contributed by atoms with Crippen molar-refractivity contribution in [2.45, 2.75) is 6.61 Å². The molecule has 0 spiro atoms. The van der Waals surface area contributed by atoms with E-state index in [2.05, 4.69) is 9.97 Å². The standard InChI is InChI=1S/C17H14N2O3/c20-17(21)15-10-18-16(19-15)13-6-8-14(9-7-13)22-11-12-4-2-1-3-5-12/h1-10H,11H2,(H,18,19)(H,20,21). The second-order valence-corrected chi connectivity index (χ2v) is 4.74. The average Bonchev–Trinajstić information content (AvgIpc) is 3.05. The summed E-state index contributed by atoms with van der Waals surface area (Å²) in [5.41, 5.74) is 1.91. The first-order chi connectivity index (χ1) is 10.7. The van der Waals surface area contributed by atoms with Gasteiger partial charge in [-0.05, 0) is 29.8 Å². The SMILES string of the molecule is O=C(O)c1c[nH]c(-c2ccc(OCc3ccccc3)cc2)n1. The topological polar surface area (TPSA) is 75.2 Å². The minimum absolute atomic E-state index is 0.000552. The van der Waals surface area contributed by atoms with E-state index in [1.807, 2.05) is 54.6 Å². The average molecular weight is 294 g/mol. The fourth-order valence-electron chi connectivity index (χ4n) is 2.03. The molecule has 0 radical (unpaired) electrons. The first-order valence-corrected chi connectivity index (χ1v) is 6.78. The van der Waals surface area contributed by atoms with Crippen LogP contribution in [0.5, 0.6) is 5.75 Å². The smallest absolute Gasteiger partial charge is 0.356 e. The molecule has 1 heterocycles. The highest BCUT2D eigenvalue weighted by Gasteiger charge is 2.09. The summed E-state index contributed by atoms with van der Waals surface area (Å²) in [5, 5.41) is 8.86. The molecule has 0 aliphatic carbocycles. The zero-order valence-electron chi connectivity index (χ0n) is 11.7. The van der Waals surface area contributed by atoms with Gasteiger partial charge in [0.1, 0.15) is 18.2 Å². The molecule has 0 bridgehead atoms. The van der Waals surface area contributed by atoms with Gasteiger partial charge in [0.15, 0.2) is 5.69 Å². The van der Waals surface area contributed by atoms with Crippen LogP contribution in [-0.4, -0.2) is 21.0 Å². The number of ether oxygens (including phenoxy) is 1. The monoisotopic (exact) mass is 294 g/mol. The predicted molar refractivity (Wildman–Crippen MR) is 81.8 cm³/mol. The van der Waals surface area contributed by atoms with Gasteiger partial charge in [0.2, 0.25) is 0 Å². The molecule has 3 rings (SSSR count). The highest BCUT2D eigenvalue weighted by Crippen LogP contribution is 2.20. The lowest BCUT2D eigenvalue weighted by Gasteiger charge is -2.06. The fraction of sp³-hybridized carbons (Fsp3) is 0.0588. The van der Waals surface area contributed by atoms with Crippen molar-refractivity contribution in [3.8, 4) is 17.1 Å². The summed E-state index contributed by atoms with van der Waals surface area (Å²) in [7, 11) is 0. The van der Waals surface area contributed by atoms with E-state index < -0.39 is 5.97 Å². The van der Waals surface area contributed by atoms with Crippen molar-refractivity contribution in [3.05, 3.63) is 72.1 Å². The number of hydrogen-bond donors (Lipinski definition) is 2. The Hall–Kier alpha value is -3.08. The summed E-state index contributed by atoms with van der Waals surface area (Å²) in [6.07, 6.45) is 1.37. The van der Waals surface area contributed by atoms with Crippen LogP contribution in [-0.2, 0) is 6.61 Å². The van der Waals surface area contributed by atoms with Crippen LogP contribution in [0.15, 0.2) is 60.8 Å². The van der Waals surface area contributed by atoms with Gasteiger partial charge < -0.3 is 14.8 Å². The van der Waals surface area contributed by atoms with Crippen molar-refractivity contribution in [1.82, 2.24) is 9.97 Å². The first-order valence-electron chi connectivity index (χ1n) is 6.78. The van der Waals surface area contributed by atoms with Crippen LogP contribution in [0.2, 0.25) is 0 Å². The van der Waals surface area contributed by atoms with Gasteiger partial charge in [0, 0.05) is 11.8 Å². The number of aromatic carboxylic acids is 1. The second-order valence-electron chi connectivity index (χ2n) is 4.74. The van der Waals surface area contributed by atoms with Gasteiger partial charge in [-0.1, -0.05) is 30.3 Å². The highest BCUT2D eigenvalue weighted by atomic mass is 16.5. The molecule has 22 heavy (non-hydrogen) atoms. The number of imidazole rings is 1. The van der Waals surface area contributed by atoms with Crippen LogP contribution in [0, 0.1) is 0 Å². The van der Waals surface area contributed by atoms with Crippen LogP contribution in [0.25, 0.3) is 11.4 Å². The van der Waals surface area contributed by atoms with Crippen LogP contribution in [0.1, 0.15) is 16.1 Å². The highest BCUT2D eigenvalue weighted by molar-refractivity contribution is 5.85. The van der Waals surface area contributed by atoms with Crippen LogP contribution in [0.3, 0.4) is 0 Å². The number of carboxylic acids is 1. The largest absolute Gasteiger partial charge is 0.489 e. The van der Waals surface area contributed by atoms with Gasteiger partial charge in [0.05, 0.1) is 0 Å². The van der Waals surface area contributed by atoms with E-state index in [0.717, 1.165) is 16.9 Å². The number of nitrogens with one attached hydrogen (secondary N) is 1. The van der Waals surface area contributed by atoms with E-state index in [9.17, 15) is 4.79 Å². The third kappa shape index (κ3) is 3.15. The maximum atomic E-state index is 10.8. The minimum Gasteiger partial charge on any atom is -0.489 e. The van der Waals surface area contributed by atoms with E-state index in [1.165, 1.54) is 6.20 Å². The van der Waals surface area contributed by atoms with E-state index in [1.54, 1.807) is 0 Å². The quantitative estimate of drug-likeness (QED) is 0.756. The Morgan fingerprint density at radius 2 is 1.82 bits per heavy atom. The van der Waals surface area contributed by atoms with Gasteiger partial charge >= 0.3 is 5.97 Å². The minimum atomic E-state index is -1.05. The lowest BCUT2D eigenvalue weighted by atomic mass is 10.2. The number of rotatable bonds is 5. The van der Waals surface area contributed by atoms with E-state index in [0.29, 0.717) is 12.4 Å². The molecule has 5 nitrogen and oxygen atoms in total. The third-order valence-electron chi connectivity index (χ3n) is 3.17. The summed E-state index contributed by atoms with van der Waals surface area (Å²) in [6, 6.07) is 17.3. The van der Waals surface area contributed by atoms with E-state index in [-0.39, 0.29) is 5.69 Å². The molecule has 0 unspecified atom stereocenters. The van der Waals surface area contributed by atoms with Crippen molar-refractivity contribution < 1.29 is 14.6 Å². The first kappa shape index (κ1) is 13.9. The Morgan fingerprint density at radius 1 is 1.09 bits per heavy atom. The molecular weight excluding hydrogens is 280 g/mol. The number of carboxylic acid groups (broad SMARTS) is 1. The normalized spacial score (nSPS) is 10.4. The van der Waals surface area contributed by atoms with Crippen LogP contribution in [0.4, 0.5) is 0 Å². The molecule has 5 heteroatoms. The van der Waals surface area contributed by atoms with E-state index in [4.69, 9.17) is 9.84 Å². The van der Waals surface area contributed by atoms with Crippen molar-refractivity contribution in [3.63, 3.8) is 0 Å². The summed E-state index contributed by atoms with van der Waals surface area (Å²) >= 11 is 0. The Kier molecular flexibility index (Phi) is 3.87. The maximum absolute atomic E-state index is 10.8. The number of benzene rings is 2. The lowest BCUT2D eigenvalue weighted by Crippen LogP contribution is -1.96. The summed E-state index contributed by atoms with van der Waals surface area (Å²) < 4.78 is 5.70. The number of hydrogen-bond acceptors (Lipinski definition) is 3. The molecule has 0 aliphatic heterocycles. The molecule has 3 aromatic rings. The van der Waals surface area contributed by atoms with Crippen molar-refractivity contribution in [2.75, 3.05) is 0 Å². The van der Waals surface area contributed by atoms with Gasteiger partial charge in [-0.15, -0.1) is 0 Å². The molecule has 0 atom stereocenters.